The predicted octanol–water partition coefficient (Wildman–Crippen LogP) is 3.21. The fraction of sp³-hybridized carbons (Fsp3) is 0.344. The summed E-state index contributed by atoms with van der Waals surface area (Å²) in [5, 5.41) is 6.38. The number of halogens is 1. The van der Waals surface area contributed by atoms with E-state index in [-0.39, 0.29) is 49.9 Å². The molecular weight excluding hydrogens is 612 g/mol. The van der Waals surface area contributed by atoms with Crippen LogP contribution in [0.5, 0.6) is 11.5 Å². The first-order valence-electron chi connectivity index (χ1n) is 14.8. The summed E-state index contributed by atoms with van der Waals surface area (Å²) in [6.45, 7) is 6.16. The lowest BCUT2D eigenvalue weighted by molar-refractivity contribution is -0.121. The molecule has 0 radical (unpaired) electrons. The molecule has 2 aliphatic rings. The Morgan fingerprint density at radius 1 is 1.00 bits per heavy atom. The third-order valence-corrected chi connectivity index (χ3v) is 8.61. The summed E-state index contributed by atoms with van der Waals surface area (Å²) in [5.41, 5.74) is 10.6. The van der Waals surface area contributed by atoms with Gasteiger partial charge in [0.15, 0.2) is 0 Å². The lowest BCUT2D eigenvalue weighted by Gasteiger charge is -2.31. The zero-order valence-corrected chi connectivity index (χ0v) is 27.5. The van der Waals surface area contributed by atoms with Crippen LogP contribution >= 0.6 is 11.6 Å². The molecule has 3 aromatic carbocycles. The fourth-order valence-corrected chi connectivity index (χ4v) is 5.93. The average molecular weight is 651 g/mol. The van der Waals surface area contributed by atoms with Crippen molar-refractivity contribution in [3.63, 3.8) is 0 Å². The average Bonchev–Trinajstić information content (AvgIpc) is 3.35. The van der Waals surface area contributed by atoms with Gasteiger partial charge in [-0.05, 0) is 74.6 Å². The summed E-state index contributed by atoms with van der Waals surface area (Å²) in [6, 6.07) is 19.7. The van der Waals surface area contributed by atoms with Gasteiger partial charge in [0, 0.05) is 40.5 Å². The van der Waals surface area contributed by atoms with Crippen LogP contribution < -0.4 is 35.9 Å². The largest absolute Gasteiger partial charge is 0.497 e. The van der Waals surface area contributed by atoms with Crippen molar-refractivity contribution < 1.29 is 23.9 Å². The van der Waals surface area contributed by atoms with E-state index in [1.807, 2.05) is 49.4 Å². The Labute approximate surface area is 269 Å². The van der Waals surface area contributed by atoms with Crippen molar-refractivity contribution in [2.24, 2.45) is 4.99 Å². The fourth-order valence-electron chi connectivity index (χ4n) is 5.29. The Bertz CT molecular complexity index is 1550. The number of anilines is 1. The number of ether oxygens (including phenoxy) is 2. The molecule has 2 amide bonds. The first-order valence-corrected chi connectivity index (χ1v) is 18.4. The van der Waals surface area contributed by atoms with E-state index >= 15 is 0 Å². The molecule has 5 N–H and O–H groups in total. The van der Waals surface area contributed by atoms with Gasteiger partial charge in [-0.2, -0.15) is 0 Å². The van der Waals surface area contributed by atoms with Gasteiger partial charge < -0.3 is 29.8 Å². The molecule has 0 spiro atoms. The van der Waals surface area contributed by atoms with E-state index in [1.54, 1.807) is 44.5 Å². The van der Waals surface area contributed by atoms with Gasteiger partial charge in [-0.15, -0.1) is 0 Å². The van der Waals surface area contributed by atoms with Crippen molar-refractivity contribution in [2.45, 2.75) is 44.8 Å². The van der Waals surface area contributed by atoms with Crippen LogP contribution in [0.25, 0.3) is 0 Å². The molecule has 1 saturated heterocycles. The molecule has 0 bridgehead atoms. The van der Waals surface area contributed by atoms with Crippen LogP contribution in [0.2, 0.25) is 18.1 Å². The summed E-state index contributed by atoms with van der Waals surface area (Å²) >= 11 is 6.19. The highest BCUT2D eigenvalue weighted by Gasteiger charge is 2.40. The second kappa shape index (κ2) is 14.0. The first-order chi connectivity index (χ1) is 21.5. The molecular formula is C32H39ClN6O5Si. The Morgan fingerprint density at radius 2 is 1.69 bits per heavy atom. The zero-order valence-electron chi connectivity index (χ0n) is 25.8. The number of carbonyl (C=O) groups is 2. The lowest BCUT2D eigenvalue weighted by Crippen LogP contribution is -2.48. The van der Waals surface area contributed by atoms with Gasteiger partial charge in [-0.1, -0.05) is 23.7 Å². The topological polar surface area (TPSA) is 137 Å². The second-order valence-corrected chi connectivity index (χ2v) is 16.0. The normalized spacial score (nSPS) is 19.1. The van der Waals surface area contributed by atoms with Crippen LogP contribution in [0.3, 0.4) is 0 Å². The maximum Gasteiger partial charge on any atom is 0.251 e. The third kappa shape index (κ3) is 8.02. The molecule has 45 heavy (non-hydrogen) atoms. The molecule has 3 unspecified atom stereocenters. The maximum absolute atomic E-state index is 13.2. The number of carbonyl (C=O) groups excluding carboxylic acids is 2. The number of hydrogen-bond acceptors (Lipinski definition) is 9. The number of hydrogen-bond donors (Lipinski definition) is 5. The minimum atomic E-state index is -2.33. The first kappa shape index (κ1) is 32.5. The maximum atomic E-state index is 13.2. The molecule has 1 fully saturated rings. The van der Waals surface area contributed by atoms with Gasteiger partial charge in [0.05, 0.1) is 31.4 Å². The smallest absolute Gasteiger partial charge is 0.251 e. The number of nitrogens with one attached hydrogen (secondary N) is 4. The molecule has 5 rings (SSSR count). The molecule has 2 aliphatic heterocycles. The molecule has 0 aromatic heterocycles. The molecule has 0 aliphatic carbocycles. The number of benzene rings is 3. The van der Waals surface area contributed by atoms with Gasteiger partial charge in [0.2, 0.25) is 14.2 Å². The minimum Gasteiger partial charge on any atom is -0.497 e. The van der Waals surface area contributed by atoms with Gasteiger partial charge in [0.1, 0.15) is 23.9 Å². The van der Waals surface area contributed by atoms with E-state index in [1.165, 1.54) is 0 Å². The SMILES string of the molecule is COc1ccc2c(c1)C(c1ccc(Cl)cc1)=NC(CC(=O)NCCNC(=O)c1ccc(OC[Si](C)(C)O)cc1)C1NNC(C)N21. The summed E-state index contributed by atoms with van der Waals surface area (Å²) < 4.78 is 11.1. The van der Waals surface area contributed by atoms with E-state index in [0.717, 1.165) is 22.5 Å². The molecule has 3 aromatic rings. The highest BCUT2D eigenvalue weighted by molar-refractivity contribution is 6.69. The molecule has 11 nitrogen and oxygen atoms in total. The third-order valence-electron chi connectivity index (χ3n) is 7.51. The number of rotatable bonds is 11. The number of methoxy groups -OCH3 is 1. The van der Waals surface area contributed by atoms with Crippen molar-refractivity contribution in [3.8, 4) is 11.5 Å². The van der Waals surface area contributed by atoms with Crippen molar-refractivity contribution in [3.05, 3.63) is 88.4 Å². The number of fused-ring (bicyclic) bond motifs is 3. The molecule has 2 heterocycles. The summed E-state index contributed by atoms with van der Waals surface area (Å²) in [4.78, 5) is 43.1. The van der Waals surface area contributed by atoms with Crippen LogP contribution in [-0.4, -0.2) is 75.4 Å². The lowest BCUT2D eigenvalue weighted by atomic mass is 9.99. The number of hydrazine groups is 1. The standard InChI is InChI=1S/C32H39ClN6O5Si/c1-20-37-38-31-27(18-29(40)34-15-16-35-32(41)22-7-11-24(12-8-22)44-19-45(3,4)42)36-30(21-5-9-23(33)10-6-21)26-17-25(43-2)13-14-28(26)39(20)31/h5-14,17,20,27,31,37-38,42H,15-16,18-19H2,1-4H3,(H,34,40)(H,35,41). The van der Waals surface area contributed by atoms with Crippen LogP contribution in [0.1, 0.15) is 34.8 Å². The van der Waals surface area contributed by atoms with E-state index in [2.05, 4.69) is 26.4 Å². The predicted molar refractivity (Wildman–Crippen MR) is 177 cm³/mol. The van der Waals surface area contributed by atoms with Crippen LogP contribution in [0.15, 0.2) is 71.7 Å². The van der Waals surface area contributed by atoms with Crippen molar-refractivity contribution in [1.29, 1.82) is 0 Å². The van der Waals surface area contributed by atoms with Crippen molar-refractivity contribution >= 4 is 43.1 Å². The van der Waals surface area contributed by atoms with Crippen LogP contribution in [-0.2, 0) is 4.79 Å². The summed E-state index contributed by atoms with van der Waals surface area (Å²) in [5.74, 6) is 0.855. The van der Waals surface area contributed by atoms with Gasteiger partial charge >= 0.3 is 0 Å². The second-order valence-electron chi connectivity index (χ2n) is 11.7. The van der Waals surface area contributed by atoms with Crippen molar-refractivity contribution in [2.75, 3.05) is 31.3 Å². The number of amides is 2. The van der Waals surface area contributed by atoms with Gasteiger partial charge in [0.25, 0.3) is 5.91 Å². The summed E-state index contributed by atoms with van der Waals surface area (Å²) in [6.07, 6.45) is 0.0407. The Kier molecular flexibility index (Phi) is 10.1. The molecule has 13 heteroatoms. The van der Waals surface area contributed by atoms with Crippen LogP contribution in [0, 0.1) is 0 Å². The van der Waals surface area contributed by atoms with Gasteiger partial charge in [-0.3, -0.25) is 14.6 Å². The molecule has 0 saturated carbocycles. The monoisotopic (exact) mass is 650 g/mol. The minimum absolute atomic E-state index is 0.0633. The van der Waals surface area contributed by atoms with Crippen molar-refractivity contribution in [1.82, 2.24) is 21.5 Å². The van der Waals surface area contributed by atoms with Gasteiger partial charge in [-0.25, -0.2) is 10.9 Å². The van der Waals surface area contributed by atoms with Crippen LogP contribution in [0.4, 0.5) is 5.69 Å². The zero-order chi connectivity index (χ0) is 32.1. The Morgan fingerprint density at radius 3 is 2.38 bits per heavy atom. The molecule has 238 valence electrons. The van der Waals surface area contributed by atoms with E-state index in [0.29, 0.717) is 22.1 Å². The number of aliphatic imine (C=N–C) groups is 1. The molecule has 3 atom stereocenters. The Balaban J connectivity index is 1.25. The van der Waals surface area contributed by atoms with E-state index < -0.39 is 14.4 Å². The quantitative estimate of drug-likeness (QED) is 0.158. The highest BCUT2D eigenvalue weighted by Crippen LogP contribution is 2.36. The van der Waals surface area contributed by atoms with E-state index in [4.69, 9.17) is 26.1 Å². The summed E-state index contributed by atoms with van der Waals surface area (Å²) in [7, 11) is -0.704. The number of nitrogens with zero attached hydrogens (tertiary/aromatic N) is 2. The highest BCUT2D eigenvalue weighted by atomic mass is 35.5. The Hall–Kier alpha value is -3.94. The van der Waals surface area contributed by atoms with E-state index in [9.17, 15) is 14.4 Å².